The highest BCUT2D eigenvalue weighted by molar-refractivity contribution is 9.10. The van der Waals surface area contributed by atoms with Gasteiger partial charge in [0.2, 0.25) is 0 Å². The lowest BCUT2D eigenvalue weighted by Crippen LogP contribution is -2.06. The van der Waals surface area contributed by atoms with E-state index < -0.39 is 6.43 Å². The second kappa shape index (κ2) is 5.14. The van der Waals surface area contributed by atoms with Gasteiger partial charge in [0.05, 0.1) is 18.2 Å². The van der Waals surface area contributed by atoms with Gasteiger partial charge in [-0.3, -0.25) is 4.98 Å². The maximum absolute atomic E-state index is 12.6. The van der Waals surface area contributed by atoms with Gasteiger partial charge in [-0.2, -0.15) is 5.26 Å². The van der Waals surface area contributed by atoms with Gasteiger partial charge in [-0.05, 0) is 21.5 Å². The number of nitrogens with zero attached hydrogens (tertiary/aromatic N) is 2. The summed E-state index contributed by atoms with van der Waals surface area (Å²) < 4.78 is 25.5. The topological polar surface area (TPSA) is 62.7 Å². The summed E-state index contributed by atoms with van der Waals surface area (Å²) in [7, 11) is 0. The largest absolute Gasteiger partial charge is 0.325 e. The molecule has 0 saturated carbocycles. The Hall–Kier alpha value is -1.06. The second-order valence-corrected chi connectivity index (χ2v) is 3.59. The van der Waals surface area contributed by atoms with E-state index in [0.717, 1.165) is 6.20 Å². The monoisotopic (exact) mass is 275 g/mol. The van der Waals surface area contributed by atoms with E-state index >= 15 is 0 Å². The van der Waals surface area contributed by atoms with Crippen LogP contribution >= 0.6 is 15.9 Å². The Morgan fingerprint density at radius 1 is 1.60 bits per heavy atom. The lowest BCUT2D eigenvalue weighted by atomic mass is 10.1. The number of nitrogens with two attached hydrogens (primary N) is 1. The maximum atomic E-state index is 12.6. The normalized spacial score (nSPS) is 10.4. The van der Waals surface area contributed by atoms with Crippen LogP contribution in [-0.2, 0) is 13.0 Å². The summed E-state index contributed by atoms with van der Waals surface area (Å²) in [5.41, 5.74) is 5.90. The second-order valence-electron chi connectivity index (χ2n) is 2.79. The average molecular weight is 276 g/mol. The van der Waals surface area contributed by atoms with Crippen molar-refractivity contribution in [3.05, 3.63) is 27.5 Å². The number of hydrogen-bond donors (Lipinski definition) is 1. The summed E-state index contributed by atoms with van der Waals surface area (Å²) >= 11 is 3.13. The maximum Gasteiger partial charge on any atom is 0.265 e. The van der Waals surface area contributed by atoms with Gasteiger partial charge in [0.1, 0.15) is 0 Å². The minimum Gasteiger partial charge on any atom is -0.325 e. The molecule has 3 nitrogen and oxygen atoms in total. The van der Waals surface area contributed by atoms with Crippen LogP contribution in [0.5, 0.6) is 0 Å². The van der Waals surface area contributed by atoms with E-state index in [1.807, 2.05) is 6.07 Å². The molecule has 6 heteroatoms. The van der Waals surface area contributed by atoms with E-state index in [2.05, 4.69) is 20.9 Å². The first kappa shape index (κ1) is 12.0. The number of halogens is 3. The van der Waals surface area contributed by atoms with Crippen molar-refractivity contribution in [1.82, 2.24) is 4.98 Å². The molecule has 0 unspecified atom stereocenters. The molecular weight excluding hydrogens is 268 g/mol. The highest BCUT2D eigenvalue weighted by atomic mass is 79.9. The van der Waals surface area contributed by atoms with E-state index in [-0.39, 0.29) is 24.1 Å². The van der Waals surface area contributed by atoms with Gasteiger partial charge in [0, 0.05) is 22.8 Å². The van der Waals surface area contributed by atoms with Crippen LogP contribution in [0.25, 0.3) is 0 Å². The van der Waals surface area contributed by atoms with Crippen LogP contribution < -0.4 is 5.73 Å². The van der Waals surface area contributed by atoms with Crippen molar-refractivity contribution < 1.29 is 8.78 Å². The molecular formula is C9H8BrF2N3. The van der Waals surface area contributed by atoms with Crippen LogP contribution in [0.15, 0.2) is 10.7 Å². The fourth-order valence-electron chi connectivity index (χ4n) is 1.17. The number of alkyl halides is 2. The van der Waals surface area contributed by atoms with Gasteiger partial charge in [-0.25, -0.2) is 8.78 Å². The Balaban J connectivity index is 3.32. The Morgan fingerprint density at radius 2 is 2.27 bits per heavy atom. The van der Waals surface area contributed by atoms with E-state index in [1.165, 1.54) is 0 Å². The average Bonchev–Trinajstić information content (AvgIpc) is 2.20. The lowest BCUT2D eigenvalue weighted by Gasteiger charge is -2.10. The summed E-state index contributed by atoms with van der Waals surface area (Å²) in [5, 5.41) is 8.55. The van der Waals surface area contributed by atoms with Gasteiger partial charge in [0.25, 0.3) is 6.43 Å². The summed E-state index contributed by atoms with van der Waals surface area (Å²) in [5.74, 6) is 0. The molecule has 0 fully saturated rings. The molecule has 0 radical (unpaired) electrons. The van der Waals surface area contributed by atoms with Crippen molar-refractivity contribution in [2.45, 2.75) is 19.4 Å². The summed E-state index contributed by atoms with van der Waals surface area (Å²) in [4.78, 5) is 3.80. The Kier molecular flexibility index (Phi) is 4.12. The molecule has 2 N–H and O–H groups in total. The zero-order valence-electron chi connectivity index (χ0n) is 7.67. The number of hydrogen-bond acceptors (Lipinski definition) is 3. The number of rotatable bonds is 3. The van der Waals surface area contributed by atoms with Gasteiger partial charge < -0.3 is 5.73 Å². The molecule has 80 valence electrons. The smallest absolute Gasteiger partial charge is 0.265 e. The molecule has 0 amide bonds. The molecule has 0 aromatic carbocycles. The summed E-state index contributed by atoms with van der Waals surface area (Å²) in [6.07, 6.45) is -1.65. The van der Waals surface area contributed by atoms with Gasteiger partial charge in [-0.15, -0.1) is 0 Å². The van der Waals surface area contributed by atoms with Crippen LogP contribution in [0.4, 0.5) is 8.78 Å². The molecule has 1 aromatic heterocycles. The lowest BCUT2D eigenvalue weighted by molar-refractivity contribution is 0.150. The van der Waals surface area contributed by atoms with Crippen molar-refractivity contribution >= 4 is 15.9 Å². The molecule has 0 aliphatic heterocycles. The number of pyridine rings is 1. The van der Waals surface area contributed by atoms with Crippen LogP contribution in [0, 0.1) is 11.3 Å². The highest BCUT2D eigenvalue weighted by Gasteiger charge is 2.18. The first-order valence-corrected chi connectivity index (χ1v) is 4.92. The fraction of sp³-hybridized carbons (Fsp3) is 0.333. The predicted octanol–water partition coefficient (Wildman–Crippen LogP) is 2.31. The van der Waals surface area contributed by atoms with Crippen LogP contribution in [0.2, 0.25) is 0 Å². The highest BCUT2D eigenvalue weighted by Crippen LogP contribution is 2.30. The van der Waals surface area contributed by atoms with Gasteiger partial charge in [0.15, 0.2) is 0 Å². The molecule has 0 spiro atoms. The fourth-order valence-corrected chi connectivity index (χ4v) is 1.81. The Morgan fingerprint density at radius 3 is 2.73 bits per heavy atom. The molecule has 1 heterocycles. The van der Waals surface area contributed by atoms with Crippen LogP contribution in [0.3, 0.4) is 0 Å². The quantitative estimate of drug-likeness (QED) is 0.921. The first-order valence-electron chi connectivity index (χ1n) is 4.13. The SMILES string of the molecule is N#CCc1c(C(F)F)cnc(CN)c1Br. The van der Waals surface area contributed by atoms with Crippen molar-refractivity contribution in [2.75, 3.05) is 0 Å². The summed E-state index contributed by atoms with van der Waals surface area (Å²) in [6, 6.07) is 1.84. The van der Waals surface area contributed by atoms with E-state index in [4.69, 9.17) is 11.0 Å². The molecule has 0 aliphatic carbocycles. The van der Waals surface area contributed by atoms with Crippen molar-refractivity contribution in [3.63, 3.8) is 0 Å². The first-order chi connectivity index (χ1) is 7.11. The third-order valence-corrected chi connectivity index (χ3v) is 2.85. The van der Waals surface area contributed by atoms with Gasteiger partial charge in [-0.1, -0.05) is 0 Å². The predicted molar refractivity (Wildman–Crippen MR) is 54.1 cm³/mol. The number of nitriles is 1. The van der Waals surface area contributed by atoms with E-state index in [9.17, 15) is 8.78 Å². The molecule has 1 rings (SSSR count). The Labute approximate surface area is 94.0 Å². The van der Waals surface area contributed by atoms with Gasteiger partial charge >= 0.3 is 0 Å². The molecule has 0 bridgehead atoms. The third kappa shape index (κ3) is 2.49. The van der Waals surface area contributed by atoms with Crippen LogP contribution in [-0.4, -0.2) is 4.98 Å². The molecule has 0 atom stereocenters. The van der Waals surface area contributed by atoms with Crippen molar-refractivity contribution in [1.29, 1.82) is 5.26 Å². The standard InChI is InChI=1S/C9H8BrF2N3/c10-8-5(1-2-13)6(9(11)12)4-15-7(8)3-14/h4,9H,1,3,14H2. The minimum atomic E-state index is -2.64. The van der Waals surface area contributed by atoms with Crippen molar-refractivity contribution in [3.8, 4) is 6.07 Å². The van der Waals surface area contributed by atoms with E-state index in [0.29, 0.717) is 10.2 Å². The van der Waals surface area contributed by atoms with Crippen LogP contribution in [0.1, 0.15) is 23.2 Å². The summed E-state index contributed by atoms with van der Waals surface area (Å²) in [6.45, 7) is 0.141. The zero-order valence-corrected chi connectivity index (χ0v) is 9.26. The van der Waals surface area contributed by atoms with Crippen molar-refractivity contribution in [2.24, 2.45) is 5.73 Å². The Bertz CT molecular complexity index is 401. The zero-order chi connectivity index (χ0) is 11.4. The molecule has 0 aliphatic rings. The van der Waals surface area contributed by atoms with E-state index in [1.54, 1.807) is 0 Å². The molecule has 0 saturated heterocycles. The minimum absolute atomic E-state index is 0.0875. The molecule has 1 aromatic rings. The molecule has 15 heavy (non-hydrogen) atoms. The third-order valence-electron chi connectivity index (χ3n) is 1.91. The number of aromatic nitrogens is 1.